The van der Waals surface area contributed by atoms with Crippen LogP contribution in [0.1, 0.15) is 5.56 Å². The number of rotatable bonds is 4. The van der Waals surface area contributed by atoms with Gasteiger partial charge in [0.25, 0.3) is 0 Å². The minimum absolute atomic E-state index is 0.119. The number of amides is 1. The fraction of sp³-hybridized carbons (Fsp3) is 0.500. The summed E-state index contributed by atoms with van der Waals surface area (Å²) in [6.07, 6.45) is 0. The van der Waals surface area contributed by atoms with Gasteiger partial charge in [-0.25, -0.2) is 0 Å². The van der Waals surface area contributed by atoms with Crippen molar-refractivity contribution >= 4 is 5.91 Å². The van der Waals surface area contributed by atoms with Crippen molar-refractivity contribution in [2.45, 2.75) is 6.54 Å². The summed E-state index contributed by atoms with van der Waals surface area (Å²) in [5, 5.41) is 3.16. The Kier molecular flexibility index (Phi) is 4.03. The number of nitrogens with one attached hydrogen (secondary N) is 1. The maximum absolute atomic E-state index is 11.9. The predicted octanol–water partition coefficient (Wildman–Crippen LogP) is 0.364. The van der Waals surface area contributed by atoms with E-state index < -0.39 is 0 Å². The highest BCUT2D eigenvalue weighted by molar-refractivity contribution is 5.78. The van der Waals surface area contributed by atoms with E-state index >= 15 is 0 Å². The molecule has 6 nitrogen and oxygen atoms in total. The molecule has 1 saturated heterocycles. The van der Waals surface area contributed by atoms with Crippen molar-refractivity contribution in [2.24, 2.45) is 0 Å². The Morgan fingerprint density at radius 3 is 2.85 bits per heavy atom. The van der Waals surface area contributed by atoms with Crippen molar-refractivity contribution in [3.8, 4) is 11.5 Å². The van der Waals surface area contributed by atoms with Gasteiger partial charge in [-0.15, -0.1) is 0 Å². The van der Waals surface area contributed by atoms with Crippen molar-refractivity contribution in [2.75, 3.05) is 39.6 Å². The molecule has 1 amide bonds. The standard InChI is InChI=1S/C14H18N2O4/c17-14(16-3-5-18-6-4-16)9-15-8-11-1-2-12-13(7-11)20-10-19-12/h1-2,7,15H,3-6,8-10H2. The molecule has 0 bridgehead atoms. The number of carbonyl (C=O) groups excluding carboxylic acids is 1. The molecule has 1 aromatic rings. The molecule has 1 fully saturated rings. The number of hydrogen-bond acceptors (Lipinski definition) is 5. The fourth-order valence-corrected chi connectivity index (χ4v) is 2.29. The highest BCUT2D eigenvalue weighted by Gasteiger charge is 2.16. The van der Waals surface area contributed by atoms with Gasteiger partial charge in [0.05, 0.1) is 19.8 Å². The number of benzene rings is 1. The summed E-state index contributed by atoms with van der Waals surface area (Å²) in [5.41, 5.74) is 1.07. The first-order valence-corrected chi connectivity index (χ1v) is 6.78. The largest absolute Gasteiger partial charge is 0.454 e. The molecule has 6 heteroatoms. The van der Waals surface area contributed by atoms with Crippen LogP contribution in [0.25, 0.3) is 0 Å². The van der Waals surface area contributed by atoms with Gasteiger partial charge < -0.3 is 24.4 Å². The van der Waals surface area contributed by atoms with Crippen LogP contribution in [0.5, 0.6) is 11.5 Å². The minimum Gasteiger partial charge on any atom is -0.454 e. The smallest absolute Gasteiger partial charge is 0.236 e. The van der Waals surface area contributed by atoms with Gasteiger partial charge in [0.15, 0.2) is 11.5 Å². The molecule has 2 aliphatic rings. The van der Waals surface area contributed by atoms with Crippen LogP contribution in [-0.2, 0) is 16.1 Å². The molecular weight excluding hydrogens is 260 g/mol. The zero-order chi connectivity index (χ0) is 13.8. The molecule has 0 saturated carbocycles. The molecule has 1 aromatic carbocycles. The van der Waals surface area contributed by atoms with E-state index in [4.69, 9.17) is 14.2 Å². The molecule has 20 heavy (non-hydrogen) atoms. The van der Waals surface area contributed by atoms with Gasteiger partial charge in [-0.05, 0) is 17.7 Å². The Morgan fingerprint density at radius 1 is 1.20 bits per heavy atom. The van der Waals surface area contributed by atoms with Crippen molar-refractivity contribution in [1.82, 2.24) is 10.2 Å². The van der Waals surface area contributed by atoms with Gasteiger partial charge in [0.1, 0.15) is 0 Å². The van der Waals surface area contributed by atoms with Crippen LogP contribution in [0.2, 0.25) is 0 Å². The SMILES string of the molecule is O=C(CNCc1ccc2c(c1)OCO2)N1CCOCC1. The second kappa shape index (κ2) is 6.11. The lowest BCUT2D eigenvalue weighted by Crippen LogP contribution is -2.44. The molecule has 2 heterocycles. The highest BCUT2D eigenvalue weighted by Crippen LogP contribution is 2.32. The fourth-order valence-electron chi connectivity index (χ4n) is 2.29. The molecule has 0 radical (unpaired) electrons. The van der Waals surface area contributed by atoms with E-state index in [1.807, 2.05) is 23.1 Å². The maximum Gasteiger partial charge on any atom is 0.236 e. The number of fused-ring (bicyclic) bond motifs is 1. The van der Waals surface area contributed by atoms with Crippen LogP contribution in [0, 0.1) is 0 Å². The molecule has 0 spiro atoms. The lowest BCUT2D eigenvalue weighted by Gasteiger charge is -2.26. The number of morpholine rings is 1. The molecule has 108 valence electrons. The average Bonchev–Trinajstić information content (AvgIpc) is 2.95. The molecule has 3 rings (SSSR count). The zero-order valence-corrected chi connectivity index (χ0v) is 11.3. The lowest BCUT2D eigenvalue weighted by molar-refractivity contribution is -0.134. The first kappa shape index (κ1) is 13.2. The van der Waals surface area contributed by atoms with Crippen molar-refractivity contribution in [3.05, 3.63) is 23.8 Å². The van der Waals surface area contributed by atoms with Crippen molar-refractivity contribution < 1.29 is 19.0 Å². The second-order valence-corrected chi connectivity index (χ2v) is 4.78. The molecule has 0 unspecified atom stereocenters. The van der Waals surface area contributed by atoms with E-state index in [1.54, 1.807) is 0 Å². The predicted molar refractivity (Wildman–Crippen MR) is 71.7 cm³/mol. The van der Waals surface area contributed by atoms with Crippen LogP contribution < -0.4 is 14.8 Å². The summed E-state index contributed by atoms with van der Waals surface area (Å²) >= 11 is 0. The number of ether oxygens (including phenoxy) is 3. The monoisotopic (exact) mass is 278 g/mol. The van der Waals surface area contributed by atoms with Crippen LogP contribution >= 0.6 is 0 Å². The quantitative estimate of drug-likeness (QED) is 0.862. The van der Waals surface area contributed by atoms with Gasteiger partial charge >= 0.3 is 0 Å². The topological polar surface area (TPSA) is 60.0 Å². The van der Waals surface area contributed by atoms with Crippen LogP contribution in [-0.4, -0.2) is 50.4 Å². The summed E-state index contributed by atoms with van der Waals surface area (Å²) in [6.45, 7) is 3.89. The van der Waals surface area contributed by atoms with E-state index in [1.165, 1.54) is 0 Å². The van der Waals surface area contributed by atoms with Crippen molar-refractivity contribution in [1.29, 1.82) is 0 Å². The Bertz CT molecular complexity index is 486. The first-order valence-electron chi connectivity index (χ1n) is 6.78. The molecule has 0 atom stereocenters. The van der Waals surface area contributed by atoms with Gasteiger partial charge in [0, 0.05) is 19.6 Å². The van der Waals surface area contributed by atoms with E-state index in [-0.39, 0.29) is 12.7 Å². The van der Waals surface area contributed by atoms with Crippen LogP contribution in [0.15, 0.2) is 18.2 Å². The molecule has 2 aliphatic heterocycles. The summed E-state index contributed by atoms with van der Waals surface area (Å²) in [7, 11) is 0. The molecule has 1 N–H and O–H groups in total. The first-order chi connectivity index (χ1) is 9.83. The van der Waals surface area contributed by atoms with Gasteiger partial charge in [-0.3, -0.25) is 4.79 Å². The van der Waals surface area contributed by atoms with E-state index in [0.29, 0.717) is 39.4 Å². The summed E-state index contributed by atoms with van der Waals surface area (Å²) < 4.78 is 15.8. The van der Waals surface area contributed by atoms with Crippen molar-refractivity contribution in [3.63, 3.8) is 0 Å². The number of carbonyl (C=O) groups is 1. The molecular formula is C14H18N2O4. The Hall–Kier alpha value is -1.79. The van der Waals surface area contributed by atoms with E-state index in [9.17, 15) is 4.79 Å². The van der Waals surface area contributed by atoms with Gasteiger partial charge in [-0.2, -0.15) is 0 Å². The summed E-state index contributed by atoms with van der Waals surface area (Å²) in [5.74, 6) is 1.66. The van der Waals surface area contributed by atoms with Gasteiger partial charge in [0.2, 0.25) is 12.7 Å². The third-order valence-electron chi connectivity index (χ3n) is 3.41. The third-order valence-corrected chi connectivity index (χ3v) is 3.41. The number of nitrogens with zero attached hydrogens (tertiary/aromatic N) is 1. The maximum atomic E-state index is 11.9. The third kappa shape index (κ3) is 3.02. The summed E-state index contributed by atoms with van der Waals surface area (Å²) in [6, 6.07) is 5.80. The van der Waals surface area contributed by atoms with E-state index in [2.05, 4.69) is 5.32 Å². The Labute approximate surface area is 117 Å². The number of hydrogen-bond donors (Lipinski definition) is 1. The highest BCUT2D eigenvalue weighted by atomic mass is 16.7. The van der Waals surface area contributed by atoms with Gasteiger partial charge in [-0.1, -0.05) is 6.07 Å². The van der Waals surface area contributed by atoms with E-state index in [0.717, 1.165) is 17.1 Å². The average molecular weight is 278 g/mol. The lowest BCUT2D eigenvalue weighted by atomic mass is 10.2. The normalized spacial score (nSPS) is 17.3. The summed E-state index contributed by atoms with van der Waals surface area (Å²) in [4.78, 5) is 13.8. The second-order valence-electron chi connectivity index (χ2n) is 4.78. The minimum atomic E-state index is 0.119. The van der Waals surface area contributed by atoms with Crippen LogP contribution in [0.4, 0.5) is 0 Å². The van der Waals surface area contributed by atoms with Crippen LogP contribution in [0.3, 0.4) is 0 Å². The molecule has 0 aliphatic carbocycles. The zero-order valence-electron chi connectivity index (χ0n) is 11.3. The Balaban J connectivity index is 1.46. The Morgan fingerprint density at radius 2 is 2.00 bits per heavy atom. The molecule has 0 aromatic heterocycles.